The maximum absolute atomic E-state index is 13.3. The number of Topliss-reactive ketones (excluding diaryl/α,β-unsaturated/α-hetero) is 1. The summed E-state index contributed by atoms with van der Waals surface area (Å²) < 4.78 is 0. The maximum atomic E-state index is 13.3. The Hall–Kier alpha value is -3.24. The Morgan fingerprint density at radius 2 is 2.03 bits per heavy atom. The third-order valence-corrected chi connectivity index (χ3v) is 8.23. The van der Waals surface area contributed by atoms with Gasteiger partial charge in [-0.05, 0) is 55.7 Å². The van der Waals surface area contributed by atoms with Gasteiger partial charge in [-0.1, -0.05) is 12.5 Å². The van der Waals surface area contributed by atoms with E-state index in [0.29, 0.717) is 23.7 Å². The summed E-state index contributed by atoms with van der Waals surface area (Å²) in [5.41, 5.74) is 11.9. The average Bonchev–Trinajstić information content (AvgIpc) is 3.02. The van der Waals surface area contributed by atoms with Gasteiger partial charge in [-0.25, -0.2) is 4.99 Å². The molecule has 2 N–H and O–H groups in total. The van der Waals surface area contributed by atoms with E-state index in [1.165, 1.54) is 23.3 Å². The van der Waals surface area contributed by atoms with Crippen molar-refractivity contribution in [3.63, 3.8) is 0 Å². The van der Waals surface area contributed by atoms with Crippen molar-refractivity contribution < 1.29 is 4.79 Å². The number of amidine groups is 1. The Bertz CT molecular complexity index is 1280. The fourth-order valence-electron chi connectivity index (χ4n) is 5.57. The van der Waals surface area contributed by atoms with E-state index >= 15 is 0 Å². The van der Waals surface area contributed by atoms with E-state index in [1.54, 1.807) is 23.7 Å². The Labute approximate surface area is 190 Å². The van der Waals surface area contributed by atoms with Crippen molar-refractivity contribution in [1.82, 2.24) is 4.98 Å². The number of hydrogen-bond donors (Lipinski definition) is 1. The highest BCUT2D eigenvalue weighted by molar-refractivity contribution is 7.17. The Kier molecular flexibility index (Phi) is 4.51. The second-order valence-corrected chi connectivity index (χ2v) is 9.87. The van der Waals surface area contributed by atoms with Gasteiger partial charge >= 0.3 is 0 Å². The summed E-state index contributed by atoms with van der Waals surface area (Å²) in [7, 11) is 0. The first-order chi connectivity index (χ1) is 15.7. The zero-order valence-corrected chi connectivity index (χ0v) is 18.5. The number of aromatic nitrogens is 1. The predicted octanol–water partition coefficient (Wildman–Crippen LogP) is 4.48. The van der Waals surface area contributed by atoms with Crippen molar-refractivity contribution in [2.24, 2.45) is 10.7 Å². The van der Waals surface area contributed by atoms with Crippen LogP contribution < -0.4 is 10.6 Å². The van der Waals surface area contributed by atoms with Gasteiger partial charge in [-0.3, -0.25) is 14.7 Å². The van der Waals surface area contributed by atoms with Crippen LogP contribution in [0.3, 0.4) is 0 Å². The van der Waals surface area contributed by atoms with E-state index in [1.807, 2.05) is 12.1 Å². The number of anilines is 1. The number of aryl methyl sites for hydroxylation is 1. The van der Waals surface area contributed by atoms with Crippen LogP contribution in [0.1, 0.15) is 66.0 Å². The van der Waals surface area contributed by atoms with Crippen LogP contribution in [0.25, 0.3) is 0 Å². The highest BCUT2D eigenvalue weighted by atomic mass is 32.1. The molecule has 0 bridgehead atoms. The summed E-state index contributed by atoms with van der Waals surface area (Å²) in [6.45, 7) is 0. The molecule has 6 rings (SSSR count). The summed E-state index contributed by atoms with van der Waals surface area (Å²) in [6.07, 6.45) is 11.2. The molecule has 0 amide bonds. The highest BCUT2D eigenvalue weighted by Crippen LogP contribution is 2.52. The molecule has 4 aliphatic rings. The smallest absolute Gasteiger partial charge is 0.161 e. The second kappa shape index (κ2) is 7.42. The SMILES string of the molecule is N#CC1=C2N=C(N)c3c(sc4c3CCCCC4)N2C2=C(C(=O)CCC2)[C@H]1c1cccnc1. The van der Waals surface area contributed by atoms with E-state index in [-0.39, 0.29) is 5.78 Å². The Morgan fingerprint density at radius 3 is 2.84 bits per heavy atom. The minimum atomic E-state index is -0.446. The van der Waals surface area contributed by atoms with Gasteiger partial charge in [0.1, 0.15) is 10.8 Å². The molecule has 6 nitrogen and oxygen atoms in total. The third-order valence-electron chi connectivity index (χ3n) is 6.96. The van der Waals surface area contributed by atoms with Crippen molar-refractivity contribution in [2.75, 3.05) is 4.90 Å². The lowest BCUT2D eigenvalue weighted by Crippen LogP contribution is -2.38. The molecule has 160 valence electrons. The Balaban J connectivity index is 1.64. The number of fused-ring (bicyclic) bond motifs is 6. The number of pyridine rings is 1. The van der Waals surface area contributed by atoms with Gasteiger partial charge < -0.3 is 5.73 Å². The molecule has 2 aromatic rings. The molecule has 0 saturated heterocycles. The van der Waals surface area contributed by atoms with E-state index < -0.39 is 5.92 Å². The van der Waals surface area contributed by atoms with Gasteiger partial charge in [-0.2, -0.15) is 5.26 Å². The summed E-state index contributed by atoms with van der Waals surface area (Å²) in [5.74, 6) is 0.749. The van der Waals surface area contributed by atoms with Gasteiger partial charge in [0, 0.05) is 35.0 Å². The molecule has 7 heteroatoms. The van der Waals surface area contributed by atoms with Crippen LogP contribution >= 0.6 is 11.3 Å². The first-order valence-electron chi connectivity index (χ1n) is 11.3. The first-order valence-corrected chi connectivity index (χ1v) is 12.1. The monoisotopic (exact) mass is 441 g/mol. The molecule has 32 heavy (non-hydrogen) atoms. The van der Waals surface area contributed by atoms with Crippen LogP contribution in [0.5, 0.6) is 0 Å². The standard InChI is InChI=1S/C25H23N5OS/c26-12-16-20(14-6-5-11-28-13-14)22-17(8-4-9-18(22)31)30-24(16)29-23(27)21-15-7-2-1-3-10-19(15)32-25(21)30/h5-6,11,13,20H,1-4,7-10H2,(H2,27,29)/t20-/m0/s1. The second-order valence-electron chi connectivity index (χ2n) is 8.78. The minimum Gasteiger partial charge on any atom is -0.383 e. The number of ketones is 1. The molecule has 0 saturated carbocycles. The number of thiophene rings is 1. The van der Waals surface area contributed by atoms with Gasteiger partial charge in [0.25, 0.3) is 0 Å². The molecule has 2 aromatic heterocycles. The Morgan fingerprint density at radius 1 is 1.16 bits per heavy atom. The number of nitriles is 1. The normalized spacial score (nSPS) is 22.3. The molecular weight excluding hydrogens is 418 g/mol. The molecule has 0 fully saturated rings. The number of carbonyl (C=O) groups excluding carboxylic acids is 1. The van der Waals surface area contributed by atoms with Gasteiger partial charge in [0.15, 0.2) is 11.6 Å². The number of rotatable bonds is 1. The molecule has 0 radical (unpaired) electrons. The van der Waals surface area contributed by atoms with Crippen molar-refractivity contribution in [2.45, 2.75) is 57.3 Å². The van der Waals surface area contributed by atoms with Gasteiger partial charge in [0.2, 0.25) is 0 Å². The summed E-state index contributed by atoms with van der Waals surface area (Å²) in [5, 5.41) is 11.3. The van der Waals surface area contributed by atoms with Crippen molar-refractivity contribution >= 4 is 28.0 Å². The number of nitrogens with zero attached hydrogens (tertiary/aromatic N) is 4. The highest BCUT2D eigenvalue weighted by Gasteiger charge is 2.44. The number of allylic oxidation sites excluding steroid dienone is 3. The van der Waals surface area contributed by atoms with Crippen LogP contribution in [-0.4, -0.2) is 16.6 Å². The molecule has 0 unspecified atom stereocenters. The van der Waals surface area contributed by atoms with Crippen LogP contribution in [0.4, 0.5) is 5.00 Å². The molecule has 2 aliphatic carbocycles. The van der Waals surface area contributed by atoms with Crippen LogP contribution in [0.15, 0.2) is 52.2 Å². The fraction of sp³-hybridized carbons (Fsp3) is 0.360. The molecule has 1 atom stereocenters. The maximum Gasteiger partial charge on any atom is 0.161 e. The van der Waals surface area contributed by atoms with E-state index in [4.69, 9.17) is 10.7 Å². The molecule has 2 aliphatic heterocycles. The lowest BCUT2D eigenvalue weighted by Gasteiger charge is -2.40. The number of carbonyl (C=O) groups is 1. The molecule has 0 aromatic carbocycles. The van der Waals surface area contributed by atoms with E-state index in [2.05, 4.69) is 16.0 Å². The van der Waals surface area contributed by atoms with E-state index in [0.717, 1.165) is 59.5 Å². The van der Waals surface area contributed by atoms with Crippen LogP contribution in [0.2, 0.25) is 0 Å². The lowest BCUT2D eigenvalue weighted by molar-refractivity contribution is -0.116. The zero-order valence-electron chi connectivity index (χ0n) is 17.7. The van der Waals surface area contributed by atoms with Crippen molar-refractivity contribution in [1.29, 1.82) is 5.26 Å². The molecular formula is C25H23N5OS. The first kappa shape index (κ1) is 19.4. The van der Waals surface area contributed by atoms with E-state index in [9.17, 15) is 10.1 Å². The average molecular weight is 442 g/mol. The summed E-state index contributed by atoms with van der Waals surface area (Å²) in [4.78, 5) is 25.8. The predicted molar refractivity (Wildman–Crippen MR) is 124 cm³/mol. The molecule has 4 heterocycles. The van der Waals surface area contributed by atoms with Crippen LogP contribution in [-0.2, 0) is 17.6 Å². The largest absolute Gasteiger partial charge is 0.383 e. The number of nitrogens with two attached hydrogens (primary N) is 1. The van der Waals surface area contributed by atoms with Gasteiger partial charge in [0.05, 0.1) is 23.1 Å². The quantitative estimate of drug-likeness (QED) is 0.659. The molecule has 0 spiro atoms. The minimum absolute atomic E-state index is 0.120. The van der Waals surface area contributed by atoms with Crippen molar-refractivity contribution in [3.8, 4) is 6.07 Å². The van der Waals surface area contributed by atoms with Gasteiger partial charge in [-0.15, -0.1) is 11.3 Å². The topological polar surface area (TPSA) is 95.4 Å². The lowest BCUT2D eigenvalue weighted by atomic mass is 9.76. The third kappa shape index (κ3) is 2.72. The summed E-state index contributed by atoms with van der Waals surface area (Å²) >= 11 is 1.77. The van der Waals surface area contributed by atoms with Crippen LogP contribution in [0, 0.1) is 11.3 Å². The number of hydrogen-bond acceptors (Lipinski definition) is 7. The number of aliphatic imine (C=N–C) groups is 1. The van der Waals surface area contributed by atoms with Crippen molar-refractivity contribution in [3.05, 3.63) is 68.8 Å². The zero-order chi connectivity index (χ0) is 21.8. The fourth-order valence-corrected chi connectivity index (χ4v) is 7.00. The summed E-state index contributed by atoms with van der Waals surface area (Å²) in [6, 6.07) is 6.18.